The van der Waals surface area contributed by atoms with Crippen LogP contribution in [0.2, 0.25) is 0 Å². The van der Waals surface area contributed by atoms with Gasteiger partial charge in [0.05, 0.1) is 19.5 Å². The van der Waals surface area contributed by atoms with Crippen molar-refractivity contribution in [1.29, 1.82) is 0 Å². The predicted molar refractivity (Wildman–Crippen MR) is 43.4 cm³/mol. The molecule has 0 aliphatic carbocycles. The van der Waals surface area contributed by atoms with Gasteiger partial charge in [0.1, 0.15) is 0 Å². The zero-order valence-electron chi connectivity index (χ0n) is 6.68. The number of phosphoric acid groups is 1. The summed E-state index contributed by atoms with van der Waals surface area (Å²) in [5, 5.41) is 0. The van der Waals surface area contributed by atoms with Crippen LogP contribution in [0.5, 0.6) is 0 Å². The highest BCUT2D eigenvalue weighted by molar-refractivity contribution is 7.46. The molecule has 0 rings (SSSR count). The normalized spacial score (nSPS) is 11.2. The topological polar surface area (TPSA) is 76.0 Å². The van der Waals surface area contributed by atoms with Crippen molar-refractivity contribution >= 4 is 7.82 Å². The maximum absolute atomic E-state index is 10.1. The van der Waals surface area contributed by atoms with Gasteiger partial charge in [0.25, 0.3) is 0 Å². The molecule has 0 aromatic carbocycles. The third kappa shape index (κ3) is 9.65. The molecule has 0 spiro atoms. The number of rotatable bonds is 7. The molecular formula is C6H13O5P. The lowest BCUT2D eigenvalue weighted by Gasteiger charge is -2.04. The minimum absolute atomic E-state index is 0.0464. The number of ether oxygens (including phenoxy) is 1. The van der Waals surface area contributed by atoms with E-state index in [9.17, 15) is 4.57 Å². The second-order valence-electron chi connectivity index (χ2n) is 2.07. The number of hydrogen-bond acceptors (Lipinski definition) is 3. The van der Waals surface area contributed by atoms with E-state index in [1.807, 2.05) is 0 Å². The molecule has 72 valence electrons. The number of hydrogen-bond donors (Lipinski definition) is 2. The molecule has 0 aliphatic rings. The van der Waals surface area contributed by atoms with E-state index in [0.29, 0.717) is 19.4 Å². The van der Waals surface area contributed by atoms with Crippen LogP contribution in [0.15, 0.2) is 12.8 Å². The van der Waals surface area contributed by atoms with E-state index in [-0.39, 0.29) is 6.61 Å². The zero-order chi connectivity index (χ0) is 9.45. The molecule has 0 atom stereocenters. The van der Waals surface area contributed by atoms with Gasteiger partial charge in [0, 0.05) is 0 Å². The Hall–Kier alpha value is -0.350. The highest BCUT2D eigenvalue weighted by atomic mass is 31.2. The quantitative estimate of drug-likeness (QED) is 0.361. The molecule has 0 amide bonds. The van der Waals surface area contributed by atoms with E-state index in [2.05, 4.69) is 11.1 Å². The smallest absolute Gasteiger partial charge is 0.469 e. The predicted octanol–water partition coefficient (Wildman–Crippen LogP) is 1.04. The van der Waals surface area contributed by atoms with Gasteiger partial charge in [0.2, 0.25) is 0 Å². The fourth-order valence-electron chi connectivity index (χ4n) is 0.554. The van der Waals surface area contributed by atoms with Gasteiger partial charge in [-0.25, -0.2) is 4.57 Å². The second-order valence-corrected chi connectivity index (χ2v) is 3.31. The maximum atomic E-state index is 10.1. The molecule has 0 heterocycles. The summed E-state index contributed by atoms with van der Waals surface area (Å²) in [5.41, 5.74) is 0. The molecule has 6 heteroatoms. The lowest BCUT2D eigenvalue weighted by Crippen LogP contribution is -1.95. The van der Waals surface area contributed by atoms with Crippen LogP contribution in [0.1, 0.15) is 12.8 Å². The summed E-state index contributed by atoms with van der Waals surface area (Å²) in [6.07, 6.45) is 2.56. The summed E-state index contributed by atoms with van der Waals surface area (Å²) in [4.78, 5) is 16.5. The molecule has 0 bridgehead atoms. The largest absolute Gasteiger partial charge is 0.502 e. The summed E-state index contributed by atoms with van der Waals surface area (Å²) < 4.78 is 19.1. The van der Waals surface area contributed by atoms with Crippen molar-refractivity contribution in [2.45, 2.75) is 12.8 Å². The molecule has 0 aromatic heterocycles. The Morgan fingerprint density at radius 2 is 1.92 bits per heavy atom. The van der Waals surface area contributed by atoms with Crippen LogP contribution < -0.4 is 0 Å². The fraction of sp³-hybridized carbons (Fsp3) is 0.667. The van der Waals surface area contributed by atoms with Crippen LogP contribution in [0.25, 0.3) is 0 Å². The Kier molecular flexibility index (Phi) is 6.02. The minimum Gasteiger partial charge on any atom is -0.502 e. The third-order valence-electron chi connectivity index (χ3n) is 1.03. The first-order valence-corrected chi connectivity index (χ1v) is 5.02. The Labute approximate surface area is 71.2 Å². The first kappa shape index (κ1) is 11.6. The minimum atomic E-state index is -4.28. The maximum Gasteiger partial charge on any atom is 0.469 e. The standard InChI is InChI=1S/C6H13O5P/c1-2-10-5-3-4-6-11-12(7,8)9/h2H,1,3-6H2,(H2,7,8,9). The van der Waals surface area contributed by atoms with Crippen molar-refractivity contribution in [3.63, 3.8) is 0 Å². The van der Waals surface area contributed by atoms with Crippen LogP contribution in [-0.2, 0) is 13.8 Å². The van der Waals surface area contributed by atoms with Crippen molar-refractivity contribution in [2.24, 2.45) is 0 Å². The van der Waals surface area contributed by atoms with E-state index in [4.69, 9.17) is 14.5 Å². The van der Waals surface area contributed by atoms with E-state index >= 15 is 0 Å². The molecule has 0 saturated carbocycles. The molecule has 2 N–H and O–H groups in total. The lowest BCUT2D eigenvalue weighted by molar-refractivity contribution is 0.181. The summed E-state index contributed by atoms with van der Waals surface area (Å²) in [7, 11) is -4.28. The molecule has 0 unspecified atom stereocenters. The summed E-state index contributed by atoms with van der Waals surface area (Å²) >= 11 is 0. The van der Waals surface area contributed by atoms with Crippen molar-refractivity contribution in [2.75, 3.05) is 13.2 Å². The Morgan fingerprint density at radius 3 is 2.42 bits per heavy atom. The third-order valence-corrected chi connectivity index (χ3v) is 1.55. The number of phosphoric ester groups is 1. The van der Waals surface area contributed by atoms with Gasteiger partial charge in [-0.3, -0.25) is 4.52 Å². The van der Waals surface area contributed by atoms with E-state index in [0.717, 1.165) is 0 Å². The van der Waals surface area contributed by atoms with E-state index < -0.39 is 7.82 Å². The summed E-state index contributed by atoms with van der Waals surface area (Å²) in [6, 6.07) is 0. The fourth-order valence-corrected chi connectivity index (χ4v) is 0.921. The molecule has 0 aliphatic heterocycles. The monoisotopic (exact) mass is 196 g/mol. The number of unbranched alkanes of at least 4 members (excludes halogenated alkanes) is 1. The average molecular weight is 196 g/mol. The highest BCUT2D eigenvalue weighted by Crippen LogP contribution is 2.35. The Balaban J connectivity index is 3.11. The van der Waals surface area contributed by atoms with Gasteiger partial charge in [-0.05, 0) is 12.8 Å². The van der Waals surface area contributed by atoms with E-state index in [1.54, 1.807) is 0 Å². The first-order chi connectivity index (χ1) is 5.56. The van der Waals surface area contributed by atoms with Crippen LogP contribution in [0.3, 0.4) is 0 Å². The van der Waals surface area contributed by atoms with Gasteiger partial charge in [-0.1, -0.05) is 6.58 Å². The first-order valence-electron chi connectivity index (χ1n) is 3.49. The van der Waals surface area contributed by atoms with Crippen LogP contribution in [0, 0.1) is 0 Å². The van der Waals surface area contributed by atoms with Crippen molar-refractivity contribution in [3.05, 3.63) is 12.8 Å². The van der Waals surface area contributed by atoms with Crippen molar-refractivity contribution in [1.82, 2.24) is 0 Å². The van der Waals surface area contributed by atoms with Crippen molar-refractivity contribution < 1.29 is 23.6 Å². The Morgan fingerprint density at radius 1 is 1.33 bits per heavy atom. The molecular weight excluding hydrogens is 183 g/mol. The molecule has 0 radical (unpaired) electrons. The van der Waals surface area contributed by atoms with Gasteiger partial charge in [0.15, 0.2) is 0 Å². The van der Waals surface area contributed by atoms with Gasteiger partial charge < -0.3 is 14.5 Å². The lowest BCUT2D eigenvalue weighted by atomic mass is 10.3. The molecule has 0 fully saturated rings. The van der Waals surface area contributed by atoms with Crippen LogP contribution in [-0.4, -0.2) is 23.0 Å². The van der Waals surface area contributed by atoms with Crippen molar-refractivity contribution in [3.8, 4) is 0 Å². The van der Waals surface area contributed by atoms with Gasteiger partial charge in [-0.15, -0.1) is 0 Å². The summed E-state index contributed by atoms with van der Waals surface area (Å²) in [5.74, 6) is 0. The molecule has 0 saturated heterocycles. The second kappa shape index (κ2) is 6.20. The molecule has 12 heavy (non-hydrogen) atoms. The van der Waals surface area contributed by atoms with Crippen LogP contribution >= 0.6 is 7.82 Å². The zero-order valence-corrected chi connectivity index (χ0v) is 7.57. The highest BCUT2D eigenvalue weighted by Gasteiger charge is 2.12. The molecule has 5 nitrogen and oxygen atoms in total. The van der Waals surface area contributed by atoms with Gasteiger partial charge >= 0.3 is 7.82 Å². The Bertz CT molecular complexity index is 163. The average Bonchev–Trinajstić information content (AvgIpc) is 1.94. The molecule has 0 aromatic rings. The van der Waals surface area contributed by atoms with Crippen LogP contribution in [0.4, 0.5) is 0 Å². The summed E-state index contributed by atoms with van der Waals surface area (Å²) in [6.45, 7) is 3.88. The van der Waals surface area contributed by atoms with Gasteiger partial charge in [-0.2, -0.15) is 0 Å². The SMILES string of the molecule is C=COCCCCOP(=O)(O)O. The van der Waals surface area contributed by atoms with E-state index in [1.165, 1.54) is 6.26 Å².